The third-order valence-corrected chi connectivity index (χ3v) is 7.96. The van der Waals surface area contributed by atoms with Gasteiger partial charge >= 0.3 is 0 Å². The standard InChI is InChI=1S/C24H32N2O4S/c1-5-23(22-11-6-17(2)16-18(22)3)25-24(27)19-12-14-26(15-13-19)31(28,29)21-9-7-20(30-4)8-10-21/h6-11,16,19,23H,5,12-15H2,1-4H3,(H,25,27)/t23-/m0/s1. The molecule has 1 amide bonds. The summed E-state index contributed by atoms with van der Waals surface area (Å²) in [5.41, 5.74) is 3.52. The van der Waals surface area contributed by atoms with Gasteiger partial charge in [-0.05, 0) is 68.5 Å². The van der Waals surface area contributed by atoms with Gasteiger partial charge in [0.15, 0.2) is 0 Å². The summed E-state index contributed by atoms with van der Waals surface area (Å²) in [6.45, 7) is 6.87. The van der Waals surface area contributed by atoms with E-state index >= 15 is 0 Å². The highest BCUT2D eigenvalue weighted by Crippen LogP contribution is 2.27. The van der Waals surface area contributed by atoms with Crippen molar-refractivity contribution >= 4 is 15.9 Å². The zero-order valence-corrected chi connectivity index (χ0v) is 19.5. The molecular formula is C24H32N2O4S. The maximum Gasteiger partial charge on any atom is 0.243 e. The molecule has 3 rings (SSSR count). The highest BCUT2D eigenvalue weighted by Gasteiger charge is 2.32. The van der Waals surface area contributed by atoms with Crippen LogP contribution in [0.1, 0.15) is 48.9 Å². The molecular weight excluding hydrogens is 412 g/mol. The number of amides is 1. The van der Waals surface area contributed by atoms with E-state index in [4.69, 9.17) is 4.74 Å². The van der Waals surface area contributed by atoms with E-state index in [1.54, 1.807) is 31.4 Å². The number of hydrogen-bond acceptors (Lipinski definition) is 4. The first-order valence-electron chi connectivity index (χ1n) is 10.8. The van der Waals surface area contributed by atoms with Crippen molar-refractivity contribution in [2.24, 2.45) is 5.92 Å². The molecule has 6 nitrogen and oxygen atoms in total. The van der Waals surface area contributed by atoms with E-state index in [-0.39, 0.29) is 22.8 Å². The Balaban J connectivity index is 1.62. The predicted octanol–water partition coefficient (Wildman–Crippen LogP) is 3.98. The lowest BCUT2D eigenvalue weighted by atomic mass is 9.94. The molecule has 1 heterocycles. The van der Waals surface area contributed by atoms with Crippen LogP contribution in [-0.4, -0.2) is 38.8 Å². The Morgan fingerprint density at radius 2 is 1.77 bits per heavy atom. The van der Waals surface area contributed by atoms with Crippen molar-refractivity contribution in [2.45, 2.75) is 51.0 Å². The highest BCUT2D eigenvalue weighted by atomic mass is 32.2. The molecule has 1 saturated heterocycles. The van der Waals surface area contributed by atoms with Crippen molar-refractivity contribution in [1.82, 2.24) is 9.62 Å². The maximum atomic E-state index is 12.9. The lowest BCUT2D eigenvalue weighted by Gasteiger charge is -2.31. The Bertz CT molecular complexity index is 1010. The summed E-state index contributed by atoms with van der Waals surface area (Å²) in [5.74, 6) is 0.444. The van der Waals surface area contributed by atoms with E-state index < -0.39 is 10.0 Å². The third-order valence-electron chi connectivity index (χ3n) is 6.05. The predicted molar refractivity (Wildman–Crippen MR) is 122 cm³/mol. The number of aryl methyl sites for hydroxylation is 2. The molecule has 168 valence electrons. The van der Waals surface area contributed by atoms with E-state index in [1.165, 1.54) is 15.4 Å². The van der Waals surface area contributed by atoms with E-state index in [0.717, 1.165) is 12.0 Å². The van der Waals surface area contributed by atoms with E-state index in [2.05, 4.69) is 44.3 Å². The molecule has 2 aromatic carbocycles. The summed E-state index contributed by atoms with van der Waals surface area (Å²) in [4.78, 5) is 13.2. The van der Waals surface area contributed by atoms with E-state index in [9.17, 15) is 13.2 Å². The number of sulfonamides is 1. The number of hydrogen-bond donors (Lipinski definition) is 1. The normalized spacial score (nSPS) is 16.6. The quantitative estimate of drug-likeness (QED) is 0.701. The van der Waals surface area contributed by atoms with Crippen LogP contribution in [-0.2, 0) is 14.8 Å². The fourth-order valence-electron chi connectivity index (χ4n) is 4.16. The van der Waals surface area contributed by atoms with Crippen LogP contribution in [0.4, 0.5) is 0 Å². The zero-order valence-electron chi connectivity index (χ0n) is 18.7. The Morgan fingerprint density at radius 3 is 2.32 bits per heavy atom. The van der Waals surface area contributed by atoms with Gasteiger partial charge in [0.25, 0.3) is 0 Å². The van der Waals surface area contributed by atoms with Crippen LogP contribution < -0.4 is 10.1 Å². The first-order valence-corrected chi connectivity index (χ1v) is 12.2. The Kier molecular flexibility index (Phi) is 7.38. The molecule has 0 aromatic heterocycles. The fourth-order valence-corrected chi connectivity index (χ4v) is 5.63. The second-order valence-electron chi connectivity index (χ2n) is 8.18. The van der Waals surface area contributed by atoms with Gasteiger partial charge in [-0.1, -0.05) is 30.7 Å². The molecule has 1 atom stereocenters. The van der Waals surface area contributed by atoms with Crippen molar-refractivity contribution in [3.63, 3.8) is 0 Å². The molecule has 0 radical (unpaired) electrons. The number of nitrogens with zero attached hydrogens (tertiary/aromatic N) is 1. The van der Waals surface area contributed by atoms with Gasteiger partial charge in [-0.3, -0.25) is 4.79 Å². The number of methoxy groups -OCH3 is 1. The Labute approximate surface area is 185 Å². The van der Waals surface area contributed by atoms with Crippen LogP contribution in [0, 0.1) is 19.8 Å². The van der Waals surface area contributed by atoms with Gasteiger partial charge in [-0.25, -0.2) is 8.42 Å². The van der Waals surface area contributed by atoms with Crippen LogP contribution in [0.5, 0.6) is 5.75 Å². The fraction of sp³-hybridized carbons (Fsp3) is 0.458. The summed E-state index contributed by atoms with van der Waals surface area (Å²) in [5, 5.41) is 3.19. The minimum absolute atomic E-state index is 0.00770. The summed E-state index contributed by atoms with van der Waals surface area (Å²) >= 11 is 0. The number of carbonyl (C=O) groups excluding carboxylic acids is 1. The second kappa shape index (κ2) is 9.83. The smallest absolute Gasteiger partial charge is 0.243 e. The van der Waals surface area contributed by atoms with Gasteiger partial charge in [0.2, 0.25) is 15.9 Å². The number of piperidine rings is 1. The van der Waals surface area contributed by atoms with Crippen molar-refractivity contribution in [2.75, 3.05) is 20.2 Å². The van der Waals surface area contributed by atoms with Crippen molar-refractivity contribution < 1.29 is 17.9 Å². The lowest BCUT2D eigenvalue weighted by Crippen LogP contribution is -2.43. The van der Waals surface area contributed by atoms with Crippen molar-refractivity contribution in [1.29, 1.82) is 0 Å². The van der Waals surface area contributed by atoms with Gasteiger partial charge in [0, 0.05) is 19.0 Å². The summed E-state index contributed by atoms with van der Waals surface area (Å²) in [6.07, 6.45) is 1.84. The largest absolute Gasteiger partial charge is 0.497 e. The minimum Gasteiger partial charge on any atom is -0.497 e. The molecule has 0 unspecified atom stereocenters. The number of ether oxygens (including phenoxy) is 1. The topological polar surface area (TPSA) is 75.7 Å². The molecule has 0 saturated carbocycles. The van der Waals surface area contributed by atoms with Crippen LogP contribution >= 0.6 is 0 Å². The first kappa shape index (κ1) is 23.3. The molecule has 7 heteroatoms. The third kappa shape index (κ3) is 5.28. The summed E-state index contributed by atoms with van der Waals surface area (Å²) in [6, 6.07) is 12.7. The Morgan fingerprint density at radius 1 is 1.13 bits per heavy atom. The van der Waals surface area contributed by atoms with E-state index in [1.807, 2.05) is 0 Å². The average molecular weight is 445 g/mol. The SMILES string of the molecule is CC[C@H](NC(=O)C1CCN(S(=O)(=O)c2ccc(OC)cc2)CC1)c1ccc(C)cc1C. The average Bonchev–Trinajstić information content (AvgIpc) is 2.78. The van der Waals surface area contributed by atoms with Crippen molar-refractivity contribution in [3.05, 3.63) is 59.2 Å². The zero-order chi connectivity index (χ0) is 22.6. The number of nitrogens with one attached hydrogen (secondary N) is 1. The van der Waals surface area contributed by atoms with Gasteiger partial charge in [-0.15, -0.1) is 0 Å². The van der Waals surface area contributed by atoms with Gasteiger partial charge in [0.1, 0.15) is 5.75 Å². The van der Waals surface area contributed by atoms with Crippen molar-refractivity contribution in [3.8, 4) is 5.75 Å². The molecule has 1 aliphatic rings. The molecule has 0 bridgehead atoms. The van der Waals surface area contributed by atoms with Crippen LogP contribution in [0.15, 0.2) is 47.4 Å². The summed E-state index contributed by atoms with van der Waals surface area (Å²) < 4.78 is 32.4. The first-order chi connectivity index (χ1) is 14.8. The van der Waals surface area contributed by atoms with Crippen LogP contribution in [0.3, 0.4) is 0 Å². The summed E-state index contributed by atoms with van der Waals surface area (Å²) in [7, 11) is -2.03. The molecule has 0 aliphatic carbocycles. The maximum absolute atomic E-state index is 12.9. The molecule has 1 fully saturated rings. The second-order valence-corrected chi connectivity index (χ2v) is 10.1. The van der Waals surface area contributed by atoms with Gasteiger partial charge in [-0.2, -0.15) is 4.31 Å². The number of carbonyl (C=O) groups is 1. The Hall–Kier alpha value is -2.38. The minimum atomic E-state index is -3.57. The molecule has 1 aliphatic heterocycles. The highest BCUT2D eigenvalue weighted by molar-refractivity contribution is 7.89. The van der Waals surface area contributed by atoms with Crippen LogP contribution in [0.25, 0.3) is 0 Å². The number of rotatable bonds is 7. The van der Waals surface area contributed by atoms with E-state index in [0.29, 0.717) is 31.7 Å². The number of benzene rings is 2. The van der Waals surface area contributed by atoms with Crippen LogP contribution in [0.2, 0.25) is 0 Å². The molecule has 1 N–H and O–H groups in total. The monoisotopic (exact) mass is 444 g/mol. The molecule has 2 aromatic rings. The molecule has 0 spiro atoms. The molecule has 31 heavy (non-hydrogen) atoms. The lowest BCUT2D eigenvalue weighted by molar-refractivity contribution is -0.126. The van der Waals surface area contributed by atoms with Gasteiger partial charge in [0.05, 0.1) is 18.0 Å². The van der Waals surface area contributed by atoms with Gasteiger partial charge < -0.3 is 10.1 Å².